The van der Waals surface area contributed by atoms with Crippen molar-refractivity contribution in [3.05, 3.63) is 130 Å². The smallest absolute Gasteiger partial charge is 0.406 e. The molecule has 0 amide bonds. The van der Waals surface area contributed by atoms with Gasteiger partial charge >= 0.3 is 12.7 Å². The Bertz CT molecular complexity index is 2400. The maximum absolute atomic E-state index is 12.9. The molecule has 0 saturated carbocycles. The minimum absolute atomic E-state index is 0.216. The summed E-state index contributed by atoms with van der Waals surface area (Å²) in [5, 5.41) is 40.1. The molecule has 0 unspecified atom stereocenters. The second-order valence-corrected chi connectivity index (χ2v) is 11.6. The average Bonchev–Trinajstić information content (AvgIpc) is 3.58. The first-order valence-corrected chi connectivity index (χ1v) is 15.1. The van der Waals surface area contributed by atoms with E-state index in [0.29, 0.717) is 77.9 Å². The van der Waals surface area contributed by atoms with Crippen LogP contribution in [0.3, 0.4) is 0 Å². The number of benzene rings is 5. The summed E-state index contributed by atoms with van der Waals surface area (Å²) in [5.41, 5.74) is 6.17. The van der Waals surface area contributed by atoms with E-state index in [0.717, 1.165) is 0 Å². The number of fused-ring (bicyclic) bond motifs is 6. The van der Waals surface area contributed by atoms with Crippen molar-refractivity contribution in [1.29, 1.82) is 21.0 Å². The number of rotatable bonds is 4. The van der Waals surface area contributed by atoms with Gasteiger partial charge in [-0.2, -0.15) is 21.0 Å². The molecule has 0 N–H and O–H groups in total. The molecule has 0 radical (unpaired) electrons. The third-order valence-corrected chi connectivity index (χ3v) is 8.60. The normalized spacial score (nSPS) is 12.3. The van der Waals surface area contributed by atoms with E-state index in [1.807, 2.05) is 24.3 Å². The quantitative estimate of drug-likeness (QED) is 0.134. The van der Waals surface area contributed by atoms with Crippen LogP contribution < -0.4 is 9.47 Å². The van der Waals surface area contributed by atoms with Gasteiger partial charge in [0.15, 0.2) is 0 Å². The molecule has 0 heterocycles. The lowest BCUT2D eigenvalue weighted by atomic mass is 9.93. The van der Waals surface area contributed by atoms with Crippen LogP contribution in [-0.2, 0) is 0 Å². The molecule has 5 aromatic carbocycles. The Kier molecular flexibility index (Phi) is 7.82. The number of hydrogen-bond donors (Lipinski definition) is 0. The van der Waals surface area contributed by atoms with Gasteiger partial charge in [-0.25, -0.2) is 0 Å². The summed E-state index contributed by atoms with van der Waals surface area (Å²) in [5.74, 6) is -0.852. The van der Waals surface area contributed by atoms with E-state index in [-0.39, 0.29) is 11.1 Å². The van der Waals surface area contributed by atoms with Gasteiger partial charge in [-0.05, 0) is 115 Å². The summed E-state index contributed by atoms with van der Waals surface area (Å²) in [6.45, 7) is 0. The zero-order valence-electron chi connectivity index (χ0n) is 26.1. The van der Waals surface area contributed by atoms with Crippen molar-refractivity contribution in [2.45, 2.75) is 12.7 Å². The topological polar surface area (TPSA) is 114 Å². The fourth-order valence-electron chi connectivity index (χ4n) is 6.64. The third kappa shape index (κ3) is 5.85. The van der Waals surface area contributed by atoms with Crippen LogP contribution in [0.25, 0.3) is 55.7 Å². The van der Waals surface area contributed by atoms with Crippen LogP contribution in [0, 0.1) is 45.3 Å². The molecular weight excluding hydrogens is 682 g/mol. The van der Waals surface area contributed by atoms with Crippen LogP contribution in [-0.4, -0.2) is 12.7 Å². The Balaban J connectivity index is 1.40. The molecule has 0 saturated heterocycles. The molecular formula is C40H16F6N4O2. The van der Waals surface area contributed by atoms with E-state index in [4.69, 9.17) is 0 Å². The number of hydrogen-bond acceptors (Lipinski definition) is 6. The van der Waals surface area contributed by atoms with E-state index in [1.54, 1.807) is 60.7 Å². The lowest BCUT2D eigenvalue weighted by Gasteiger charge is -2.11. The molecule has 0 atom stereocenters. The minimum atomic E-state index is -4.90. The fourth-order valence-corrected chi connectivity index (χ4v) is 6.64. The summed E-state index contributed by atoms with van der Waals surface area (Å²) in [6, 6.07) is 32.1. The predicted molar refractivity (Wildman–Crippen MR) is 176 cm³/mol. The molecule has 52 heavy (non-hydrogen) atoms. The number of halogens is 6. The molecule has 0 bridgehead atoms. The predicted octanol–water partition coefficient (Wildman–Crippen LogP) is 10.5. The molecule has 0 spiro atoms. The van der Waals surface area contributed by atoms with E-state index in [9.17, 15) is 47.4 Å². The second kappa shape index (κ2) is 12.2. The molecule has 250 valence electrons. The van der Waals surface area contributed by atoms with E-state index >= 15 is 0 Å². The highest BCUT2D eigenvalue weighted by Gasteiger charge is 2.35. The van der Waals surface area contributed by atoms with Gasteiger partial charge in [0.1, 0.15) is 46.9 Å². The zero-order chi connectivity index (χ0) is 36.9. The van der Waals surface area contributed by atoms with Crippen LogP contribution in [0.5, 0.6) is 11.5 Å². The molecule has 7 rings (SSSR count). The fraction of sp³-hybridized carbons (Fsp3) is 0.0500. The monoisotopic (exact) mass is 698 g/mol. The van der Waals surface area contributed by atoms with Crippen molar-refractivity contribution in [2.75, 3.05) is 0 Å². The summed E-state index contributed by atoms with van der Waals surface area (Å²) in [6.07, 6.45) is -9.80. The van der Waals surface area contributed by atoms with Crippen molar-refractivity contribution in [1.82, 2.24) is 0 Å². The van der Waals surface area contributed by atoms with E-state index in [1.165, 1.54) is 36.4 Å². The van der Waals surface area contributed by atoms with E-state index < -0.39 is 24.2 Å². The molecule has 2 aliphatic rings. The highest BCUT2D eigenvalue weighted by atomic mass is 19.4. The van der Waals surface area contributed by atoms with Crippen LogP contribution in [0.15, 0.2) is 108 Å². The lowest BCUT2D eigenvalue weighted by Crippen LogP contribution is -2.17. The number of nitrogens with zero attached hydrogens (tertiary/aromatic N) is 4. The Morgan fingerprint density at radius 3 is 1.10 bits per heavy atom. The molecule has 2 aliphatic carbocycles. The first-order valence-electron chi connectivity index (χ1n) is 15.1. The lowest BCUT2D eigenvalue weighted by molar-refractivity contribution is -0.275. The zero-order valence-corrected chi connectivity index (χ0v) is 26.1. The van der Waals surface area contributed by atoms with Crippen LogP contribution in [0.2, 0.25) is 0 Å². The SMILES string of the molecule is N#CC(C#N)=C1c2cc(-c3cccc(OC(F)(F)F)c3)ccc2-c2cc3c(cc21)-c1ccc(-c2cccc(OC(F)(F)F)c2)cc1C3=C(C#N)C#N. The van der Waals surface area contributed by atoms with Gasteiger partial charge in [-0.1, -0.05) is 48.5 Å². The van der Waals surface area contributed by atoms with Crippen molar-refractivity contribution < 1.29 is 35.8 Å². The van der Waals surface area contributed by atoms with Gasteiger partial charge in [-0.15, -0.1) is 26.3 Å². The molecule has 0 aromatic heterocycles. The highest BCUT2D eigenvalue weighted by molar-refractivity contribution is 6.11. The Morgan fingerprint density at radius 1 is 0.404 bits per heavy atom. The summed E-state index contributed by atoms with van der Waals surface area (Å²) >= 11 is 0. The minimum Gasteiger partial charge on any atom is -0.406 e. The van der Waals surface area contributed by atoms with Gasteiger partial charge in [-0.3, -0.25) is 0 Å². The summed E-state index contributed by atoms with van der Waals surface area (Å²) in [7, 11) is 0. The maximum Gasteiger partial charge on any atom is 0.573 e. The Hall–Kier alpha value is -7.28. The Morgan fingerprint density at radius 2 is 0.750 bits per heavy atom. The van der Waals surface area contributed by atoms with Crippen molar-refractivity contribution in [3.8, 4) is 80.3 Å². The third-order valence-electron chi connectivity index (χ3n) is 8.60. The number of alkyl halides is 6. The molecule has 0 aliphatic heterocycles. The number of allylic oxidation sites excluding steroid dienone is 2. The van der Waals surface area contributed by atoms with Crippen molar-refractivity contribution in [3.63, 3.8) is 0 Å². The summed E-state index contributed by atoms with van der Waals surface area (Å²) < 4.78 is 85.8. The van der Waals surface area contributed by atoms with Gasteiger partial charge in [0.2, 0.25) is 0 Å². The van der Waals surface area contributed by atoms with Gasteiger partial charge in [0, 0.05) is 11.1 Å². The van der Waals surface area contributed by atoms with Crippen molar-refractivity contribution in [2.24, 2.45) is 0 Å². The standard InChI is InChI=1S/C40H16F6N4O2/c41-39(42,43)51-27-5-1-3-21(11-27)23-7-9-29-31-15-36-32(16-35(31)37(33(29)13-23)25(17-47)18-48)30-10-8-24(14-34(30)38(36)26(19-49)20-50)22-4-2-6-28(12-22)52-40(44,45)46/h1-16H. The van der Waals surface area contributed by atoms with Crippen molar-refractivity contribution >= 4 is 11.1 Å². The average molecular weight is 699 g/mol. The number of ether oxygens (including phenoxy) is 2. The van der Waals surface area contributed by atoms with Gasteiger partial charge in [0.05, 0.1) is 0 Å². The van der Waals surface area contributed by atoms with Gasteiger partial charge < -0.3 is 9.47 Å². The first-order chi connectivity index (χ1) is 24.8. The summed E-state index contributed by atoms with van der Waals surface area (Å²) in [4.78, 5) is 0. The molecule has 0 fully saturated rings. The largest absolute Gasteiger partial charge is 0.573 e. The van der Waals surface area contributed by atoms with Crippen LogP contribution >= 0.6 is 0 Å². The highest BCUT2D eigenvalue weighted by Crippen LogP contribution is 2.54. The van der Waals surface area contributed by atoms with Crippen LogP contribution in [0.1, 0.15) is 22.3 Å². The second-order valence-electron chi connectivity index (χ2n) is 11.6. The molecule has 5 aromatic rings. The molecule has 12 heteroatoms. The number of nitriles is 4. The van der Waals surface area contributed by atoms with Crippen LogP contribution in [0.4, 0.5) is 26.3 Å². The van der Waals surface area contributed by atoms with E-state index in [2.05, 4.69) is 9.47 Å². The maximum atomic E-state index is 12.9. The molecule has 6 nitrogen and oxygen atoms in total. The van der Waals surface area contributed by atoms with Gasteiger partial charge in [0.25, 0.3) is 0 Å². The first kappa shape index (κ1) is 33.2. The Labute approximate surface area is 291 Å².